The third-order valence-electron chi connectivity index (χ3n) is 4.45. The third kappa shape index (κ3) is 2.93. The van der Waals surface area contributed by atoms with Crippen molar-refractivity contribution in [3.63, 3.8) is 0 Å². The molecule has 0 saturated heterocycles. The van der Waals surface area contributed by atoms with Gasteiger partial charge in [-0.25, -0.2) is 0 Å². The summed E-state index contributed by atoms with van der Waals surface area (Å²) >= 11 is 0. The molecule has 4 nitrogen and oxygen atoms in total. The number of pyridine rings is 1. The van der Waals surface area contributed by atoms with Crippen molar-refractivity contribution in [2.24, 2.45) is 0 Å². The number of imidazole rings is 1. The van der Waals surface area contributed by atoms with Gasteiger partial charge in [-0.2, -0.15) is 0 Å². The van der Waals surface area contributed by atoms with Crippen LogP contribution in [0.5, 0.6) is 0 Å². The molecule has 0 aliphatic carbocycles. The molecule has 0 unspecified atom stereocenters. The Bertz CT molecular complexity index is 1110. The zero-order chi connectivity index (χ0) is 18.0. The maximum atomic E-state index is 4.95. The van der Waals surface area contributed by atoms with Gasteiger partial charge in [0.05, 0.1) is 22.3 Å². The fourth-order valence-electron chi connectivity index (χ4n) is 3.10. The molecule has 1 radical (unpaired) electrons. The van der Waals surface area contributed by atoms with Crippen LogP contribution in [-0.4, -0.2) is 19.4 Å². The summed E-state index contributed by atoms with van der Waals surface area (Å²) in [5.41, 5.74) is 4.47. The Balaban J connectivity index is 0.00000196. The Hall–Kier alpha value is -1.84. The van der Waals surface area contributed by atoms with Crippen LogP contribution in [-0.2, 0) is 30.9 Å². The van der Waals surface area contributed by atoms with E-state index in [2.05, 4.69) is 58.1 Å². The zero-order valence-electron chi connectivity index (χ0n) is 16.0. The molecule has 0 amide bonds. The van der Waals surface area contributed by atoms with E-state index in [0.717, 1.165) is 39.2 Å². The smallest absolute Gasteiger partial charge is 0.103 e. The summed E-state index contributed by atoms with van der Waals surface area (Å²) < 4.78 is 2.16. The van der Waals surface area contributed by atoms with Gasteiger partial charge < -0.3 is 9.38 Å². The van der Waals surface area contributed by atoms with Crippen LogP contribution in [0.3, 0.4) is 0 Å². The van der Waals surface area contributed by atoms with Gasteiger partial charge in [-0.05, 0) is 23.2 Å². The van der Waals surface area contributed by atoms with Crippen molar-refractivity contribution in [1.82, 2.24) is 19.4 Å². The minimum Gasteiger partial charge on any atom is -0.330 e. The Morgan fingerprint density at radius 2 is 1.58 bits per heavy atom. The van der Waals surface area contributed by atoms with Crippen molar-refractivity contribution in [2.75, 3.05) is 0 Å². The second-order valence-electron chi connectivity index (χ2n) is 8.68. The molecule has 3 aromatic heterocycles. The van der Waals surface area contributed by atoms with E-state index in [1.165, 1.54) is 0 Å². The van der Waals surface area contributed by atoms with E-state index in [-0.39, 0.29) is 30.9 Å². The quantitative estimate of drug-likeness (QED) is 0.311. The predicted octanol–water partition coefficient (Wildman–Crippen LogP) is 4.82. The molecule has 26 heavy (non-hydrogen) atoms. The first kappa shape index (κ1) is 18.9. The largest absolute Gasteiger partial charge is 0.330 e. The van der Waals surface area contributed by atoms with Gasteiger partial charge in [-0.1, -0.05) is 59.1 Å². The van der Waals surface area contributed by atoms with Gasteiger partial charge in [0.15, 0.2) is 0 Å². The van der Waals surface area contributed by atoms with Crippen LogP contribution in [0.4, 0.5) is 0 Å². The number of nitrogens with zero attached hydrogens (tertiary/aromatic N) is 4. The van der Waals surface area contributed by atoms with E-state index in [1.54, 1.807) is 0 Å². The molecular formula is C21H23IrN4-. The molecule has 0 spiro atoms. The van der Waals surface area contributed by atoms with E-state index >= 15 is 0 Å². The molecule has 5 heteroatoms. The van der Waals surface area contributed by atoms with Gasteiger partial charge in [-0.15, -0.1) is 12.1 Å². The fourth-order valence-corrected chi connectivity index (χ4v) is 3.10. The van der Waals surface area contributed by atoms with Crippen LogP contribution in [0.1, 0.15) is 53.1 Å². The van der Waals surface area contributed by atoms with Gasteiger partial charge in [0.25, 0.3) is 0 Å². The Morgan fingerprint density at radius 1 is 0.885 bits per heavy atom. The summed E-state index contributed by atoms with van der Waals surface area (Å²) in [7, 11) is 0. The SMILES string of the molecule is CC(C)(C)c1c[c-]c2c(n1)nc(C(C)(C)C)n1c3ccccc3nc21.[Ir]. The molecule has 137 valence electrons. The average molecular weight is 524 g/mol. The molecule has 4 aromatic rings. The van der Waals surface area contributed by atoms with Gasteiger partial charge in [0.1, 0.15) is 5.82 Å². The fraction of sp³-hybridized carbons (Fsp3) is 0.381. The molecule has 0 aliphatic rings. The Kier molecular flexibility index (Phi) is 4.45. The number of hydrogen-bond acceptors (Lipinski definition) is 3. The first-order chi connectivity index (χ1) is 11.7. The average Bonchev–Trinajstić information content (AvgIpc) is 2.91. The summed E-state index contributed by atoms with van der Waals surface area (Å²) in [5.74, 6) is 0.968. The number of hydrogen-bond donors (Lipinski definition) is 0. The van der Waals surface area contributed by atoms with Gasteiger partial charge in [0, 0.05) is 25.5 Å². The number of para-hydroxylation sites is 2. The van der Waals surface area contributed by atoms with E-state index in [4.69, 9.17) is 15.0 Å². The topological polar surface area (TPSA) is 43.1 Å². The molecule has 0 aliphatic heterocycles. The molecule has 0 fully saturated rings. The molecule has 3 heterocycles. The summed E-state index contributed by atoms with van der Waals surface area (Å²) in [5, 5.41) is 0.872. The van der Waals surface area contributed by atoms with Crippen LogP contribution >= 0.6 is 0 Å². The van der Waals surface area contributed by atoms with Crippen LogP contribution in [0, 0.1) is 6.07 Å². The van der Waals surface area contributed by atoms with Crippen molar-refractivity contribution >= 4 is 27.7 Å². The molecular weight excluding hydrogens is 500 g/mol. The third-order valence-corrected chi connectivity index (χ3v) is 4.45. The maximum Gasteiger partial charge on any atom is 0.103 e. The Morgan fingerprint density at radius 3 is 2.23 bits per heavy atom. The van der Waals surface area contributed by atoms with Crippen molar-refractivity contribution in [3.8, 4) is 0 Å². The first-order valence-corrected chi connectivity index (χ1v) is 8.67. The van der Waals surface area contributed by atoms with Gasteiger partial charge in [-0.3, -0.25) is 9.97 Å². The molecule has 1 aromatic carbocycles. The molecule has 0 atom stereocenters. The summed E-state index contributed by atoms with van der Waals surface area (Å²) in [6, 6.07) is 13.6. The second kappa shape index (κ2) is 6.11. The maximum absolute atomic E-state index is 4.95. The van der Waals surface area contributed by atoms with Crippen molar-refractivity contribution in [1.29, 1.82) is 0 Å². The molecule has 0 saturated carbocycles. The summed E-state index contributed by atoms with van der Waals surface area (Å²) in [6.45, 7) is 13.0. The van der Waals surface area contributed by atoms with Crippen molar-refractivity contribution in [3.05, 3.63) is 47.9 Å². The Labute approximate surface area is 167 Å². The summed E-state index contributed by atoms with van der Waals surface area (Å²) in [4.78, 5) is 14.7. The minimum absolute atomic E-state index is 0. The monoisotopic (exact) mass is 524 g/mol. The molecule has 0 N–H and O–H groups in total. The van der Waals surface area contributed by atoms with Gasteiger partial charge >= 0.3 is 0 Å². The number of aromatic nitrogens is 4. The minimum atomic E-state index is -0.130. The first-order valence-electron chi connectivity index (χ1n) is 8.67. The standard InChI is InChI=1S/C21H23N4.Ir/c1-20(2,3)16-12-11-13-17(23-16)24-19(21(4,5)6)25-15-10-8-7-9-14(15)22-18(13)25;/h7-10,12H,1-6H3;/q-1;. The molecule has 4 rings (SSSR count). The van der Waals surface area contributed by atoms with E-state index in [1.807, 2.05) is 24.3 Å². The van der Waals surface area contributed by atoms with Crippen LogP contribution < -0.4 is 0 Å². The zero-order valence-corrected chi connectivity index (χ0v) is 18.4. The van der Waals surface area contributed by atoms with E-state index < -0.39 is 0 Å². The number of benzene rings is 1. The summed E-state index contributed by atoms with van der Waals surface area (Å²) in [6.07, 6.45) is 0. The normalized spacial score (nSPS) is 12.7. The number of rotatable bonds is 0. The van der Waals surface area contributed by atoms with Crippen LogP contribution in [0.2, 0.25) is 0 Å². The van der Waals surface area contributed by atoms with Gasteiger partial charge in [0.2, 0.25) is 0 Å². The second-order valence-corrected chi connectivity index (χ2v) is 8.68. The van der Waals surface area contributed by atoms with Crippen LogP contribution in [0.15, 0.2) is 30.3 Å². The van der Waals surface area contributed by atoms with E-state index in [0.29, 0.717) is 0 Å². The van der Waals surface area contributed by atoms with Crippen LogP contribution in [0.25, 0.3) is 27.7 Å². The van der Waals surface area contributed by atoms with Crippen molar-refractivity contribution < 1.29 is 20.1 Å². The predicted molar refractivity (Wildman–Crippen MR) is 102 cm³/mol. The van der Waals surface area contributed by atoms with Crippen molar-refractivity contribution in [2.45, 2.75) is 52.4 Å². The number of fused-ring (bicyclic) bond motifs is 5. The van der Waals surface area contributed by atoms with E-state index in [9.17, 15) is 0 Å². The molecule has 0 bridgehead atoms.